The van der Waals surface area contributed by atoms with Gasteiger partial charge in [-0.3, -0.25) is 4.79 Å². The van der Waals surface area contributed by atoms with Gasteiger partial charge in [0, 0.05) is 11.4 Å². The molecule has 0 radical (unpaired) electrons. The summed E-state index contributed by atoms with van der Waals surface area (Å²) in [6.45, 7) is 0. The van der Waals surface area contributed by atoms with E-state index in [4.69, 9.17) is 16.3 Å². The van der Waals surface area contributed by atoms with Crippen LogP contribution in [0.5, 0.6) is 5.75 Å². The molecule has 1 aromatic rings. The highest BCUT2D eigenvalue weighted by molar-refractivity contribution is 6.31. The summed E-state index contributed by atoms with van der Waals surface area (Å²) >= 11 is 5.74. The molecule has 0 fully saturated rings. The lowest BCUT2D eigenvalue weighted by Gasteiger charge is -2.30. The van der Waals surface area contributed by atoms with Gasteiger partial charge in [0.1, 0.15) is 11.5 Å². The number of methoxy groups -OCH3 is 1. The maximum absolute atomic E-state index is 13.1. The summed E-state index contributed by atoms with van der Waals surface area (Å²) in [5.41, 5.74) is -4.46. The summed E-state index contributed by atoms with van der Waals surface area (Å²) in [6.07, 6.45) is -7.84. The Labute approximate surface area is 133 Å². The van der Waals surface area contributed by atoms with Gasteiger partial charge in [-0.25, -0.2) is 17.6 Å². The Morgan fingerprint density at radius 2 is 2.09 bits per heavy atom. The van der Waals surface area contributed by atoms with E-state index in [1.807, 2.05) is 0 Å². The van der Waals surface area contributed by atoms with E-state index in [9.17, 15) is 27.5 Å². The molecule has 1 aliphatic rings. The van der Waals surface area contributed by atoms with E-state index in [-0.39, 0.29) is 21.3 Å². The first kappa shape index (κ1) is 17.5. The van der Waals surface area contributed by atoms with Crippen molar-refractivity contribution in [3.63, 3.8) is 0 Å². The molecule has 0 aliphatic carbocycles. The molecule has 0 bridgehead atoms. The molecule has 0 saturated heterocycles. The predicted octanol–water partition coefficient (Wildman–Crippen LogP) is 2.77. The van der Waals surface area contributed by atoms with Gasteiger partial charge in [0.2, 0.25) is 5.72 Å². The van der Waals surface area contributed by atoms with Gasteiger partial charge < -0.3 is 9.84 Å². The van der Waals surface area contributed by atoms with Gasteiger partial charge in [-0.2, -0.15) is 10.1 Å². The lowest BCUT2D eigenvalue weighted by molar-refractivity contribution is -0.164. The van der Waals surface area contributed by atoms with Crippen molar-refractivity contribution in [2.75, 3.05) is 7.11 Å². The van der Waals surface area contributed by atoms with E-state index in [0.29, 0.717) is 0 Å². The Kier molecular flexibility index (Phi) is 4.81. The van der Waals surface area contributed by atoms with E-state index in [1.54, 1.807) is 0 Å². The quantitative estimate of drug-likeness (QED) is 0.846. The minimum Gasteiger partial charge on any atom is -0.496 e. The molecular formula is C13H11ClF4N2O3. The van der Waals surface area contributed by atoms with Crippen molar-refractivity contribution in [1.82, 2.24) is 5.01 Å². The minimum atomic E-state index is -3.50. The number of carbonyl (C=O) groups is 1. The predicted molar refractivity (Wildman–Crippen MR) is 73.2 cm³/mol. The average molecular weight is 355 g/mol. The zero-order valence-corrected chi connectivity index (χ0v) is 12.4. The fraction of sp³-hybridized carbons (Fsp3) is 0.385. The van der Waals surface area contributed by atoms with Crippen LogP contribution in [0.25, 0.3) is 0 Å². The molecule has 126 valence electrons. The fourth-order valence-electron chi connectivity index (χ4n) is 2.06. The highest BCUT2D eigenvalue weighted by Gasteiger charge is 2.53. The normalized spacial score (nSPS) is 21.1. The van der Waals surface area contributed by atoms with Crippen molar-refractivity contribution < 1.29 is 32.2 Å². The van der Waals surface area contributed by atoms with Gasteiger partial charge in [-0.05, 0) is 18.2 Å². The number of amides is 1. The molecule has 1 N–H and O–H groups in total. The molecule has 1 aromatic carbocycles. The van der Waals surface area contributed by atoms with Crippen LogP contribution < -0.4 is 4.74 Å². The van der Waals surface area contributed by atoms with Crippen molar-refractivity contribution in [3.05, 3.63) is 28.8 Å². The first-order valence-electron chi connectivity index (χ1n) is 6.25. The van der Waals surface area contributed by atoms with E-state index >= 15 is 0 Å². The Hall–Kier alpha value is -1.87. The molecule has 0 aromatic heterocycles. The first-order chi connectivity index (χ1) is 10.7. The lowest BCUT2D eigenvalue weighted by Crippen LogP contribution is -2.51. The van der Waals surface area contributed by atoms with Crippen molar-refractivity contribution in [1.29, 1.82) is 0 Å². The number of nitrogens with zero attached hydrogens (tertiary/aromatic N) is 2. The number of benzene rings is 1. The number of alkyl halides is 4. The minimum absolute atomic E-state index is 0.0308. The third-order valence-electron chi connectivity index (χ3n) is 3.22. The van der Waals surface area contributed by atoms with E-state index in [0.717, 1.165) is 6.07 Å². The summed E-state index contributed by atoms with van der Waals surface area (Å²) in [5, 5.41) is 13.2. The van der Waals surface area contributed by atoms with Gasteiger partial charge in [-0.15, -0.1) is 0 Å². The second kappa shape index (κ2) is 6.32. The SMILES string of the molecule is COc1ccc(Cl)cc1C(=O)N1N=C(C(F)F)C[C@@]1(O)C(F)F. The molecular weight excluding hydrogens is 344 g/mol. The average Bonchev–Trinajstić information content (AvgIpc) is 2.86. The molecule has 0 unspecified atom stereocenters. The maximum atomic E-state index is 13.1. The van der Waals surface area contributed by atoms with Gasteiger partial charge >= 0.3 is 0 Å². The van der Waals surface area contributed by atoms with E-state index in [1.165, 1.54) is 19.2 Å². The second-order valence-electron chi connectivity index (χ2n) is 4.71. The standard InChI is InChI=1S/C13H11ClF4N2O3/c1-23-9-3-2-6(14)4-7(9)11(21)20-13(22,12(17)18)5-8(19-20)10(15)16/h2-4,10,12,22H,5H2,1H3/t13-/m1/s1. The molecule has 1 aliphatic heterocycles. The number of ether oxygens (including phenoxy) is 1. The molecule has 1 atom stereocenters. The maximum Gasteiger partial charge on any atom is 0.287 e. The Morgan fingerprint density at radius 3 is 2.61 bits per heavy atom. The number of rotatable bonds is 4. The van der Waals surface area contributed by atoms with Crippen molar-refractivity contribution in [2.24, 2.45) is 5.10 Å². The van der Waals surface area contributed by atoms with Crippen LogP contribution >= 0.6 is 11.6 Å². The third-order valence-corrected chi connectivity index (χ3v) is 3.46. The van der Waals surface area contributed by atoms with Gasteiger partial charge in [0.15, 0.2) is 0 Å². The van der Waals surface area contributed by atoms with Crippen LogP contribution in [0.4, 0.5) is 17.6 Å². The molecule has 0 spiro atoms. The van der Waals surface area contributed by atoms with Gasteiger partial charge in [0.05, 0.1) is 12.7 Å². The highest BCUT2D eigenvalue weighted by Crippen LogP contribution is 2.36. The van der Waals surface area contributed by atoms with Crippen molar-refractivity contribution >= 4 is 23.2 Å². The number of hydrogen-bond donors (Lipinski definition) is 1. The molecule has 2 rings (SSSR count). The molecule has 1 heterocycles. The lowest BCUT2D eigenvalue weighted by atomic mass is 10.1. The second-order valence-corrected chi connectivity index (χ2v) is 5.15. The molecule has 23 heavy (non-hydrogen) atoms. The Bertz CT molecular complexity index is 656. The Balaban J connectivity index is 2.49. The zero-order chi connectivity index (χ0) is 17.4. The van der Waals surface area contributed by atoms with Gasteiger partial charge in [-0.1, -0.05) is 11.6 Å². The van der Waals surface area contributed by atoms with E-state index in [2.05, 4.69) is 5.10 Å². The number of hydrogen-bond acceptors (Lipinski definition) is 4. The van der Waals surface area contributed by atoms with Crippen LogP contribution in [0.1, 0.15) is 16.8 Å². The fourth-order valence-corrected chi connectivity index (χ4v) is 2.24. The highest BCUT2D eigenvalue weighted by atomic mass is 35.5. The van der Waals surface area contributed by atoms with Crippen LogP contribution in [-0.4, -0.2) is 47.4 Å². The summed E-state index contributed by atoms with van der Waals surface area (Å²) < 4.78 is 56.6. The van der Waals surface area contributed by atoms with Crippen molar-refractivity contribution in [3.8, 4) is 5.75 Å². The van der Waals surface area contributed by atoms with Crippen LogP contribution in [0.2, 0.25) is 5.02 Å². The number of aliphatic hydroxyl groups is 1. The summed E-state index contributed by atoms with van der Waals surface area (Å²) in [6, 6.07) is 3.78. The number of halogens is 5. The zero-order valence-electron chi connectivity index (χ0n) is 11.6. The van der Waals surface area contributed by atoms with Crippen LogP contribution in [0, 0.1) is 0 Å². The van der Waals surface area contributed by atoms with Gasteiger partial charge in [0.25, 0.3) is 18.8 Å². The topological polar surface area (TPSA) is 62.1 Å². The summed E-state index contributed by atoms with van der Waals surface area (Å²) in [7, 11) is 1.22. The summed E-state index contributed by atoms with van der Waals surface area (Å²) in [5.74, 6) is -1.26. The van der Waals surface area contributed by atoms with Crippen LogP contribution in [0.3, 0.4) is 0 Å². The van der Waals surface area contributed by atoms with Crippen LogP contribution in [0.15, 0.2) is 23.3 Å². The monoisotopic (exact) mass is 354 g/mol. The summed E-state index contributed by atoms with van der Waals surface area (Å²) in [4.78, 5) is 12.4. The Morgan fingerprint density at radius 1 is 1.43 bits per heavy atom. The molecule has 10 heteroatoms. The molecule has 1 amide bonds. The largest absolute Gasteiger partial charge is 0.496 e. The smallest absolute Gasteiger partial charge is 0.287 e. The van der Waals surface area contributed by atoms with Crippen molar-refractivity contribution in [2.45, 2.75) is 25.0 Å². The first-order valence-corrected chi connectivity index (χ1v) is 6.62. The molecule has 5 nitrogen and oxygen atoms in total. The number of hydrazone groups is 1. The van der Waals surface area contributed by atoms with Crippen LogP contribution in [-0.2, 0) is 0 Å². The number of carbonyl (C=O) groups excluding carboxylic acids is 1. The third kappa shape index (κ3) is 3.11. The van der Waals surface area contributed by atoms with E-state index < -0.39 is 36.6 Å². The molecule has 0 saturated carbocycles.